The smallest absolute Gasteiger partial charge is 0.329 e. The van der Waals surface area contributed by atoms with Crippen LogP contribution in [-0.4, -0.2) is 42.9 Å². The fraction of sp³-hybridized carbons (Fsp3) is 0.750. The topological polar surface area (TPSA) is 122 Å². The minimum Gasteiger partial charge on any atom is -0.479 e. The second kappa shape index (κ2) is 6.06. The minimum absolute atomic E-state index is 0.101. The van der Waals surface area contributed by atoms with Crippen LogP contribution in [0.2, 0.25) is 0 Å². The van der Waals surface area contributed by atoms with E-state index in [1.165, 1.54) is 4.80 Å². The molecule has 1 aromatic heterocycles. The number of carbonyl (C=O) groups excluding carboxylic acids is 1. The maximum absolute atomic E-state index is 12.0. The van der Waals surface area contributed by atoms with Gasteiger partial charge in [0.05, 0.1) is 13.6 Å². The van der Waals surface area contributed by atoms with Gasteiger partial charge in [-0.1, -0.05) is 19.8 Å². The number of aryl methyl sites for hydroxylation is 1. The van der Waals surface area contributed by atoms with E-state index in [9.17, 15) is 14.7 Å². The van der Waals surface area contributed by atoms with Crippen LogP contribution in [0.25, 0.3) is 0 Å². The number of carboxylic acid groups (broad SMARTS) is 1. The number of rotatable bonds is 4. The zero-order valence-electron chi connectivity index (χ0n) is 12.2. The number of aromatic nitrogens is 4. The van der Waals surface area contributed by atoms with Crippen molar-refractivity contribution in [3.8, 4) is 0 Å². The first kappa shape index (κ1) is 15.2. The zero-order valence-corrected chi connectivity index (χ0v) is 12.2. The minimum atomic E-state index is -1.20. The Morgan fingerprint density at radius 2 is 2.24 bits per heavy atom. The molecule has 1 heterocycles. The van der Waals surface area contributed by atoms with Gasteiger partial charge < -0.3 is 15.7 Å². The highest BCUT2D eigenvalue weighted by Gasteiger charge is 2.46. The molecule has 1 aliphatic carbocycles. The lowest BCUT2D eigenvalue weighted by Crippen LogP contribution is -2.61. The van der Waals surface area contributed by atoms with E-state index in [4.69, 9.17) is 0 Å². The highest BCUT2D eigenvalue weighted by atomic mass is 16.4. The Balaban J connectivity index is 1.97. The van der Waals surface area contributed by atoms with Crippen molar-refractivity contribution in [2.75, 3.05) is 0 Å². The van der Waals surface area contributed by atoms with Crippen molar-refractivity contribution in [3.63, 3.8) is 0 Å². The number of amides is 2. The van der Waals surface area contributed by atoms with Crippen LogP contribution in [0.15, 0.2) is 0 Å². The number of aliphatic carboxylic acids is 1. The molecule has 0 bridgehead atoms. The van der Waals surface area contributed by atoms with Gasteiger partial charge in [0.2, 0.25) is 0 Å². The van der Waals surface area contributed by atoms with Crippen LogP contribution in [0.5, 0.6) is 0 Å². The summed E-state index contributed by atoms with van der Waals surface area (Å²) in [7, 11) is 1.62. The quantitative estimate of drug-likeness (QED) is 0.721. The molecule has 0 saturated heterocycles. The predicted molar refractivity (Wildman–Crippen MR) is 72.2 cm³/mol. The van der Waals surface area contributed by atoms with Crippen LogP contribution in [0.3, 0.4) is 0 Å². The Labute approximate surface area is 122 Å². The van der Waals surface area contributed by atoms with Crippen molar-refractivity contribution in [1.29, 1.82) is 0 Å². The van der Waals surface area contributed by atoms with E-state index in [0.717, 1.165) is 19.3 Å². The van der Waals surface area contributed by atoms with Gasteiger partial charge >= 0.3 is 12.0 Å². The third-order valence-electron chi connectivity index (χ3n) is 3.97. The largest absolute Gasteiger partial charge is 0.479 e. The number of hydrogen-bond acceptors (Lipinski definition) is 5. The molecule has 2 amide bonds. The second-order valence-electron chi connectivity index (χ2n) is 5.43. The summed E-state index contributed by atoms with van der Waals surface area (Å²) in [5.74, 6) is -0.722. The van der Waals surface area contributed by atoms with Crippen molar-refractivity contribution >= 4 is 12.0 Å². The van der Waals surface area contributed by atoms with E-state index in [0.29, 0.717) is 12.2 Å². The predicted octanol–water partition coefficient (Wildman–Crippen LogP) is 0.0428. The van der Waals surface area contributed by atoms with E-state index >= 15 is 0 Å². The lowest BCUT2D eigenvalue weighted by molar-refractivity contribution is -0.148. The molecule has 2 rings (SSSR count). The van der Waals surface area contributed by atoms with Gasteiger partial charge in [0.15, 0.2) is 5.82 Å². The Hall–Kier alpha value is -2.19. The lowest BCUT2D eigenvalue weighted by atomic mass is 9.73. The van der Waals surface area contributed by atoms with Crippen molar-refractivity contribution in [2.24, 2.45) is 13.0 Å². The van der Waals surface area contributed by atoms with Gasteiger partial charge in [-0.15, -0.1) is 10.2 Å². The van der Waals surface area contributed by atoms with Crippen molar-refractivity contribution < 1.29 is 14.7 Å². The molecular formula is C12H20N6O3. The van der Waals surface area contributed by atoms with Crippen molar-refractivity contribution in [3.05, 3.63) is 5.82 Å². The summed E-state index contributed by atoms with van der Waals surface area (Å²) in [5.41, 5.74) is -1.20. The van der Waals surface area contributed by atoms with Crippen LogP contribution in [-0.2, 0) is 18.4 Å². The van der Waals surface area contributed by atoms with Gasteiger partial charge in [0, 0.05) is 0 Å². The molecule has 1 fully saturated rings. The molecule has 9 heteroatoms. The third kappa shape index (κ3) is 3.29. The molecule has 116 valence electrons. The highest BCUT2D eigenvalue weighted by molar-refractivity contribution is 5.86. The molecule has 0 radical (unpaired) electrons. The summed E-state index contributed by atoms with van der Waals surface area (Å²) in [6.07, 6.45) is 3.02. The summed E-state index contributed by atoms with van der Waals surface area (Å²) in [5, 5.41) is 26.0. The second-order valence-corrected chi connectivity index (χ2v) is 5.43. The molecule has 3 N–H and O–H groups in total. The number of carbonyl (C=O) groups is 2. The van der Waals surface area contributed by atoms with Gasteiger partial charge in [-0.2, -0.15) is 4.80 Å². The zero-order chi connectivity index (χ0) is 15.5. The number of carboxylic acids is 1. The fourth-order valence-electron chi connectivity index (χ4n) is 2.70. The summed E-state index contributed by atoms with van der Waals surface area (Å²) in [6, 6.07) is -0.529. The van der Waals surface area contributed by atoms with Gasteiger partial charge in [-0.3, -0.25) is 0 Å². The molecule has 1 aromatic rings. The maximum atomic E-state index is 12.0. The van der Waals surface area contributed by atoms with E-state index in [2.05, 4.69) is 26.0 Å². The third-order valence-corrected chi connectivity index (χ3v) is 3.97. The van der Waals surface area contributed by atoms with Crippen LogP contribution < -0.4 is 10.6 Å². The normalized spacial score (nSPS) is 25.3. The molecule has 0 spiro atoms. The van der Waals surface area contributed by atoms with Crippen LogP contribution in [0.1, 0.15) is 38.4 Å². The van der Waals surface area contributed by atoms with Gasteiger partial charge in [0.25, 0.3) is 0 Å². The number of nitrogens with one attached hydrogen (secondary N) is 2. The first-order chi connectivity index (χ1) is 9.94. The van der Waals surface area contributed by atoms with Crippen molar-refractivity contribution in [2.45, 2.75) is 44.7 Å². The first-order valence-corrected chi connectivity index (χ1v) is 6.96. The molecule has 0 aromatic carbocycles. The summed E-state index contributed by atoms with van der Waals surface area (Å²) in [6.45, 7) is 1.96. The van der Waals surface area contributed by atoms with Gasteiger partial charge in [0.1, 0.15) is 5.54 Å². The molecule has 2 unspecified atom stereocenters. The van der Waals surface area contributed by atoms with Crippen LogP contribution >= 0.6 is 0 Å². The Kier molecular flexibility index (Phi) is 4.39. The number of hydrogen-bond donors (Lipinski definition) is 3. The van der Waals surface area contributed by atoms with Gasteiger partial charge in [-0.25, -0.2) is 9.59 Å². The van der Waals surface area contributed by atoms with E-state index in [-0.39, 0.29) is 12.5 Å². The Morgan fingerprint density at radius 3 is 2.81 bits per heavy atom. The maximum Gasteiger partial charge on any atom is 0.329 e. The fourth-order valence-corrected chi connectivity index (χ4v) is 2.70. The number of urea groups is 1. The Morgan fingerprint density at radius 1 is 1.48 bits per heavy atom. The van der Waals surface area contributed by atoms with E-state index < -0.39 is 17.5 Å². The summed E-state index contributed by atoms with van der Waals surface area (Å²) in [4.78, 5) is 24.9. The first-order valence-electron chi connectivity index (χ1n) is 6.96. The average Bonchev–Trinajstić information content (AvgIpc) is 2.85. The van der Waals surface area contributed by atoms with Crippen molar-refractivity contribution in [1.82, 2.24) is 30.8 Å². The number of tetrazole rings is 1. The van der Waals surface area contributed by atoms with Crippen LogP contribution in [0, 0.1) is 5.92 Å². The summed E-state index contributed by atoms with van der Waals surface area (Å²) >= 11 is 0. The van der Waals surface area contributed by atoms with Crippen LogP contribution in [0.4, 0.5) is 4.79 Å². The monoisotopic (exact) mass is 296 g/mol. The SMILES string of the molecule is CC1CCCCC1(NC(=O)NCc1nnn(C)n1)C(=O)O. The molecule has 0 aliphatic heterocycles. The van der Waals surface area contributed by atoms with Gasteiger partial charge in [-0.05, 0) is 24.0 Å². The number of nitrogens with zero attached hydrogens (tertiary/aromatic N) is 4. The lowest BCUT2D eigenvalue weighted by Gasteiger charge is -2.39. The standard InChI is InChI=1S/C12H20N6O3/c1-8-5-3-4-6-12(8,10(19)20)14-11(21)13-7-9-15-17-18(2)16-9/h8H,3-7H2,1-2H3,(H,19,20)(H2,13,14,21). The Bertz CT molecular complexity index is 531. The van der Waals surface area contributed by atoms with E-state index in [1.54, 1.807) is 7.05 Å². The van der Waals surface area contributed by atoms with E-state index in [1.807, 2.05) is 6.92 Å². The molecule has 21 heavy (non-hydrogen) atoms. The molecule has 1 aliphatic rings. The summed E-state index contributed by atoms with van der Waals surface area (Å²) < 4.78 is 0. The molecule has 2 atom stereocenters. The molecular weight excluding hydrogens is 276 g/mol. The highest BCUT2D eigenvalue weighted by Crippen LogP contribution is 2.33. The average molecular weight is 296 g/mol. The molecule has 9 nitrogen and oxygen atoms in total. The molecule has 1 saturated carbocycles.